The van der Waals surface area contributed by atoms with Crippen molar-refractivity contribution in [1.29, 1.82) is 0 Å². The maximum atomic E-state index is 12.5. The fraction of sp³-hybridized carbons (Fsp3) is 0.0909. The van der Waals surface area contributed by atoms with Crippen LogP contribution in [0.1, 0.15) is 10.4 Å². The largest absolute Gasteiger partial charge is 0.465 e. The van der Waals surface area contributed by atoms with Gasteiger partial charge in [0.25, 0.3) is 0 Å². The Kier molecular flexibility index (Phi) is 4.42. The molecule has 1 aliphatic carbocycles. The van der Waals surface area contributed by atoms with Crippen molar-refractivity contribution in [2.24, 2.45) is 7.05 Å². The molecule has 0 fully saturated rings. The lowest BCUT2D eigenvalue weighted by Gasteiger charge is -2.19. The number of hydrogen-bond donors (Lipinski definition) is 0. The minimum Gasteiger partial charge on any atom is -0.465 e. The molecule has 0 unspecified atom stereocenters. The Bertz CT molecular complexity index is 1090. The number of nitrogens with zero attached hydrogens (tertiary/aromatic N) is 2. The summed E-state index contributed by atoms with van der Waals surface area (Å²) in [6.07, 6.45) is 0. The van der Waals surface area contributed by atoms with Crippen molar-refractivity contribution in [2.45, 2.75) is 0 Å². The maximum absolute atomic E-state index is 12.5. The van der Waals surface area contributed by atoms with Gasteiger partial charge in [-0.3, -0.25) is 4.68 Å². The molecule has 4 nitrogen and oxygen atoms in total. The van der Waals surface area contributed by atoms with E-state index in [1.165, 1.54) is 7.11 Å². The van der Waals surface area contributed by atoms with E-state index in [1.807, 2.05) is 67.7 Å². The monoisotopic (exact) mass is 376 g/mol. The van der Waals surface area contributed by atoms with E-state index in [2.05, 4.69) is 0 Å². The third-order valence-electron chi connectivity index (χ3n) is 4.58. The molecule has 2 aliphatic rings. The highest BCUT2D eigenvalue weighted by atomic mass is 35.5. The molecule has 0 saturated carbocycles. The van der Waals surface area contributed by atoms with Crippen LogP contribution in [0, 0.1) is 0 Å². The fourth-order valence-corrected chi connectivity index (χ4v) is 3.70. The average Bonchev–Trinajstić information content (AvgIpc) is 3.05. The van der Waals surface area contributed by atoms with Crippen LogP contribution >= 0.6 is 11.6 Å². The van der Waals surface area contributed by atoms with E-state index in [-0.39, 0.29) is 0 Å². The summed E-state index contributed by atoms with van der Waals surface area (Å²) in [4.78, 5) is 12.5. The average molecular weight is 377 g/mol. The second kappa shape index (κ2) is 6.89. The van der Waals surface area contributed by atoms with Gasteiger partial charge in [0.15, 0.2) is 0 Å². The van der Waals surface area contributed by atoms with Crippen LogP contribution in [0.4, 0.5) is 0 Å². The van der Waals surface area contributed by atoms with Crippen LogP contribution in [-0.2, 0) is 11.8 Å². The molecule has 5 heteroatoms. The van der Waals surface area contributed by atoms with Gasteiger partial charge < -0.3 is 4.74 Å². The molecule has 0 radical (unpaired) electrons. The van der Waals surface area contributed by atoms with Crippen molar-refractivity contribution in [1.82, 2.24) is 9.78 Å². The maximum Gasteiger partial charge on any atom is 0.338 e. The third-order valence-corrected chi connectivity index (χ3v) is 4.87. The van der Waals surface area contributed by atoms with E-state index >= 15 is 0 Å². The Balaban J connectivity index is 2.11. The van der Waals surface area contributed by atoms with Gasteiger partial charge in [0.1, 0.15) is 5.69 Å². The Morgan fingerprint density at radius 1 is 0.963 bits per heavy atom. The summed E-state index contributed by atoms with van der Waals surface area (Å²) in [5.41, 5.74) is 5.36. The first-order valence-corrected chi connectivity index (χ1v) is 8.88. The number of hydrogen-bond acceptors (Lipinski definition) is 3. The first-order valence-electron chi connectivity index (χ1n) is 8.50. The van der Waals surface area contributed by atoms with E-state index in [0.717, 1.165) is 33.6 Å². The zero-order chi connectivity index (χ0) is 19.0. The SMILES string of the molecule is COC(=O)c1cc(Cl)c2c(-c3ccccc3)nn(C)c(-c3ccccc3)c1-2. The summed E-state index contributed by atoms with van der Waals surface area (Å²) in [7, 11) is 3.24. The van der Waals surface area contributed by atoms with Gasteiger partial charge in [0.05, 0.1) is 23.4 Å². The van der Waals surface area contributed by atoms with E-state index in [0.29, 0.717) is 10.6 Å². The van der Waals surface area contributed by atoms with Crippen LogP contribution in [0.2, 0.25) is 5.02 Å². The predicted molar refractivity (Wildman–Crippen MR) is 107 cm³/mol. The van der Waals surface area contributed by atoms with Crippen molar-refractivity contribution >= 4 is 17.6 Å². The minimum absolute atomic E-state index is 0.422. The molecule has 1 heterocycles. The number of ether oxygens (including phenoxy) is 1. The number of halogens is 1. The minimum atomic E-state index is -0.422. The first-order chi connectivity index (χ1) is 13.1. The van der Waals surface area contributed by atoms with Crippen LogP contribution in [0.25, 0.3) is 33.6 Å². The summed E-state index contributed by atoms with van der Waals surface area (Å²) in [6.45, 7) is 0. The lowest BCUT2D eigenvalue weighted by molar-refractivity contribution is 0.0602. The smallest absolute Gasteiger partial charge is 0.338 e. The summed E-state index contributed by atoms with van der Waals surface area (Å²) < 4.78 is 6.80. The first kappa shape index (κ1) is 17.3. The number of rotatable bonds is 3. The van der Waals surface area contributed by atoms with Crippen molar-refractivity contribution in [3.63, 3.8) is 0 Å². The molecule has 27 heavy (non-hydrogen) atoms. The zero-order valence-corrected chi connectivity index (χ0v) is 15.7. The topological polar surface area (TPSA) is 44.1 Å². The molecule has 0 bridgehead atoms. The van der Waals surface area contributed by atoms with Crippen LogP contribution in [0.3, 0.4) is 0 Å². The molecule has 0 aromatic heterocycles. The summed E-state index contributed by atoms with van der Waals surface area (Å²) >= 11 is 6.59. The molecular formula is C22H17ClN2O2. The van der Waals surface area contributed by atoms with Crippen molar-refractivity contribution in [2.75, 3.05) is 7.11 Å². The van der Waals surface area contributed by atoms with E-state index in [9.17, 15) is 4.79 Å². The lowest BCUT2D eigenvalue weighted by atomic mass is 9.96. The summed E-state index contributed by atoms with van der Waals surface area (Å²) in [5.74, 6) is -0.422. The van der Waals surface area contributed by atoms with Gasteiger partial charge in [-0.25, -0.2) is 4.79 Å². The second-order valence-electron chi connectivity index (χ2n) is 6.20. The highest BCUT2D eigenvalue weighted by Crippen LogP contribution is 2.46. The highest BCUT2D eigenvalue weighted by molar-refractivity contribution is 6.36. The van der Waals surface area contributed by atoms with Gasteiger partial charge in [0.2, 0.25) is 0 Å². The predicted octanol–water partition coefficient (Wildman–Crippen LogP) is 5.30. The van der Waals surface area contributed by atoms with Gasteiger partial charge in [-0.1, -0.05) is 72.3 Å². The second-order valence-corrected chi connectivity index (χ2v) is 6.61. The molecule has 4 rings (SSSR count). The molecule has 0 atom stereocenters. The van der Waals surface area contributed by atoms with Gasteiger partial charge in [-0.05, 0) is 6.07 Å². The molecule has 0 spiro atoms. The fourth-order valence-electron chi connectivity index (χ4n) is 3.41. The Morgan fingerprint density at radius 3 is 2.15 bits per heavy atom. The number of aromatic nitrogens is 2. The lowest BCUT2D eigenvalue weighted by Crippen LogP contribution is -2.10. The number of esters is 1. The van der Waals surface area contributed by atoms with Crippen molar-refractivity contribution in [3.8, 4) is 33.6 Å². The number of carbonyl (C=O) groups excluding carboxylic acids is 1. The molecule has 134 valence electrons. The van der Waals surface area contributed by atoms with Crippen LogP contribution < -0.4 is 0 Å². The van der Waals surface area contributed by atoms with Crippen molar-refractivity contribution in [3.05, 3.63) is 77.3 Å². The number of methoxy groups -OCH3 is 1. The number of benzene rings is 2. The van der Waals surface area contributed by atoms with Gasteiger partial charge in [0, 0.05) is 29.3 Å². The van der Waals surface area contributed by atoms with Gasteiger partial charge >= 0.3 is 5.97 Å². The molecule has 1 aliphatic heterocycles. The Labute approximate surface area is 162 Å². The quantitative estimate of drug-likeness (QED) is 0.456. The van der Waals surface area contributed by atoms with Crippen LogP contribution in [0.15, 0.2) is 66.7 Å². The summed E-state index contributed by atoms with van der Waals surface area (Å²) in [6, 6.07) is 21.3. The van der Waals surface area contributed by atoms with Crippen LogP contribution in [0.5, 0.6) is 0 Å². The Morgan fingerprint density at radius 2 is 1.56 bits per heavy atom. The molecule has 0 N–H and O–H groups in total. The molecule has 0 amide bonds. The number of aryl methyl sites for hydroxylation is 1. The molecule has 0 saturated heterocycles. The Hall–Kier alpha value is -3.11. The van der Waals surface area contributed by atoms with E-state index < -0.39 is 5.97 Å². The number of fused-ring (bicyclic) bond motifs is 1. The highest BCUT2D eigenvalue weighted by Gasteiger charge is 2.29. The van der Waals surface area contributed by atoms with Crippen LogP contribution in [-0.4, -0.2) is 22.9 Å². The zero-order valence-electron chi connectivity index (χ0n) is 14.9. The van der Waals surface area contributed by atoms with Gasteiger partial charge in [-0.2, -0.15) is 5.10 Å². The number of carbonyl (C=O) groups is 1. The van der Waals surface area contributed by atoms with Crippen molar-refractivity contribution < 1.29 is 9.53 Å². The third kappa shape index (κ3) is 2.88. The van der Waals surface area contributed by atoms with Gasteiger partial charge in [-0.15, -0.1) is 0 Å². The van der Waals surface area contributed by atoms with E-state index in [1.54, 1.807) is 10.7 Å². The normalized spacial score (nSPS) is 10.9. The summed E-state index contributed by atoms with van der Waals surface area (Å²) in [5, 5.41) is 5.27. The standard InChI is InChI=1S/C22H17ClN2O2/c1-25-21(15-11-7-4-8-12-15)18-16(22(26)27-2)13-17(23)19(18)20(24-25)14-9-5-3-6-10-14/h3-13H,1-2H3. The molecular weight excluding hydrogens is 360 g/mol. The molecule has 2 aromatic rings. The van der Waals surface area contributed by atoms with E-state index in [4.69, 9.17) is 21.4 Å². The molecule has 2 aromatic carbocycles.